The van der Waals surface area contributed by atoms with Crippen molar-refractivity contribution in [2.24, 2.45) is 40.9 Å². The number of hydrogen-bond donors (Lipinski definition) is 0. The Morgan fingerprint density at radius 3 is 2.05 bits per heavy atom. The molecule has 0 aromatic carbocycles. The monoisotopic (exact) mass is 288 g/mol. The molecule has 1 nitrogen and oxygen atoms in total. The van der Waals surface area contributed by atoms with Crippen molar-refractivity contribution in [2.75, 3.05) is 6.61 Å². The smallest absolute Gasteiger partial charge is 0.0603 e. The van der Waals surface area contributed by atoms with Crippen LogP contribution in [0, 0.1) is 40.9 Å². The van der Waals surface area contributed by atoms with Crippen molar-refractivity contribution < 1.29 is 4.74 Å². The van der Waals surface area contributed by atoms with E-state index < -0.39 is 0 Å². The molecular weight excluding hydrogens is 256 g/mol. The maximum absolute atomic E-state index is 6.56. The van der Waals surface area contributed by atoms with Crippen molar-refractivity contribution in [2.45, 2.75) is 77.2 Å². The first kappa shape index (κ1) is 13.4. The zero-order valence-electron chi connectivity index (χ0n) is 13.7. The van der Waals surface area contributed by atoms with Crippen molar-refractivity contribution in [3.05, 3.63) is 0 Å². The van der Waals surface area contributed by atoms with Crippen LogP contribution in [0.15, 0.2) is 0 Å². The fraction of sp³-hybridized carbons (Fsp3) is 1.00. The van der Waals surface area contributed by atoms with Crippen LogP contribution >= 0.6 is 0 Å². The van der Waals surface area contributed by atoms with Gasteiger partial charge in [-0.05, 0) is 106 Å². The van der Waals surface area contributed by atoms with E-state index in [1.54, 1.807) is 19.3 Å². The van der Waals surface area contributed by atoms with Gasteiger partial charge in [0.05, 0.1) is 12.7 Å². The Kier molecular flexibility index (Phi) is 3.02. The van der Waals surface area contributed by atoms with Gasteiger partial charge in [-0.25, -0.2) is 0 Å². The fourth-order valence-corrected chi connectivity index (χ4v) is 7.70. The van der Waals surface area contributed by atoms with Crippen molar-refractivity contribution in [3.8, 4) is 0 Å². The molecule has 1 heteroatoms. The van der Waals surface area contributed by atoms with Crippen molar-refractivity contribution in [1.82, 2.24) is 0 Å². The minimum Gasteiger partial charge on any atom is -0.378 e. The third kappa shape index (κ3) is 2.13. The van der Waals surface area contributed by atoms with Crippen LogP contribution in [-0.4, -0.2) is 12.7 Å². The molecule has 4 atom stereocenters. The molecule has 6 saturated carbocycles. The lowest BCUT2D eigenvalue weighted by molar-refractivity contribution is -0.141. The lowest BCUT2D eigenvalue weighted by Crippen LogP contribution is -2.51. The van der Waals surface area contributed by atoms with Crippen LogP contribution in [0.5, 0.6) is 0 Å². The largest absolute Gasteiger partial charge is 0.378 e. The first-order valence-corrected chi connectivity index (χ1v) is 9.82. The minimum absolute atomic E-state index is 0.532. The quantitative estimate of drug-likeness (QED) is 0.704. The van der Waals surface area contributed by atoms with E-state index in [0.717, 1.165) is 42.1 Å². The van der Waals surface area contributed by atoms with E-state index in [9.17, 15) is 0 Å². The van der Waals surface area contributed by atoms with Crippen LogP contribution in [0.4, 0.5) is 0 Å². The molecular formula is C20H32O. The highest BCUT2D eigenvalue weighted by atomic mass is 16.5. The van der Waals surface area contributed by atoms with Crippen LogP contribution in [0.1, 0.15) is 71.1 Å². The van der Waals surface area contributed by atoms with Gasteiger partial charge in [-0.15, -0.1) is 0 Å². The molecule has 4 unspecified atom stereocenters. The summed E-state index contributed by atoms with van der Waals surface area (Å²) in [6.07, 6.45) is 15.7. The average molecular weight is 288 g/mol. The molecule has 6 aliphatic rings. The predicted molar refractivity (Wildman–Crippen MR) is 85.0 cm³/mol. The Morgan fingerprint density at radius 1 is 0.857 bits per heavy atom. The van der Waals surface area contributed by atoms with Crippen LogP contribution in [0.25, 0.3) is 0 Å². The highest BCUT2D eigenvalue weighted by molar-refractivity contribution is 5.04. The van der Waals surface area contributed by atoms with E-state index in [2.05, 4.69) is 6.92 Å². The first-order chi connectivity index (χ1) is 10.2. The van der Waals surface area contributed by atoms with Gasteiger partial charge in [-0.2, -0.15) is 0 Å². The molecule has 0 amide bonds. The van der Waals surface area contributed by atoms with Gasteiger partial charge in [0.1, 0.15) is 0 Å². The molecule has 6 aliphatic carbocycles. The molecule has 0 aliphatic heterocycles. The molecule has 0 heterocycles. The zero-order chi connectivity index (χ0) is 14.0. The predicted octanol–water partition coefficient (Wildman–Crippen LogP) is 5.04. The van der Waals surface area contributed by atoms with Gasteiger partial charge >= 0.3 is 0 Å². The van der Waals surface area contributed by atoms with Gasteiger partial charge in [-0.1, -0.05) is 6.42 Å². The van der Waals surface area contributed by atoms with E-state index in [-0.39, 0.29) is 0 Å². The van der Waals surface area contributed by atoms with Gasteiger partial charge in [0.2, 0.25) is 0 Å². The van der Waals surface area contributed by atoms with Crippen molar-refractivity contribution >= 4 is 0 Å². The van der Waals surface area contributed by atoms with Crippen molar-refractivity contribution in [3.63, 3.8) is 0 Å². The SMILES string of the molecule is CC(OCC1CC2CCC1C2)C12CC3CC(CC(C3)C1)C2. The Balaban J connectivity index is 1.23. The zero-order valence-corrected chi connectivity index (χ0v) is 13.7. The average Bonchev–Trinajstić information content (AvgIpc) is 3.05. The lowest BCUT2D eigenvalue weighted by atomic mass is 9.48. The molecule has 0 radical (unpaired) electrons. The number of rotatable bonds is 4. The number of hydrogen-bond acceptors (Lipinski definition) is 1. The Labute approximate surface area is 130 Å². The third-order valence-corrected chi connectivity index (χ3v) is 8.39. The van der Waals surface area contributed by atoms with Crippen LogP contribution < -0.4 is 0 Å². The summed E-state index contributed by atoms with van der Waals surface area (Å²) < 4.78 is 6.56. The first-order valence-electron chi connectivity index (χ1n) is 9.82. The maximum atomic E-state index is 6.56. The number of fused-ring (bicyclic) bond motifs is 2. The highest BCUT2D eigenvalue weighted by Crippen LogP contribution is 2.61. The lowest BCUT2D eigenvalue weighted by Gasteiger charge is -2.58. The standard InChI is InChI=1S/C20H32O/c1-13(21-12-19-8-14-2-3-18(19)7-14)20-9-15-4-16(10-20)6-17(5-15)11-20/h13-19H,2-12H2,1H3. The van der Waals surface area contributed by atoms with Gasteiger partial charge in [0.15, 0.2) is 0 Å². The molecule has 21 heavy (non-hydrogen) atoms. The molecule has 0 spiro atoms. The van der Waals surface area contributed by atoms with Crippen LogP contribution in [0.3, 0.4) is 0 Å². The van der Waals surface area contributed by atoms with E-state index in [1.807, 2.05) is 0 Å². The summed E-state index contributed by atoms with van der Waals surface area (Å²) in [5, 5.41) is 0. The summed E-state index contributed by atoms with van der Waals surface area (Å²) in [5.41, 5.74) is 0.590. The van der Waals surface area contributed by atoms with Gasteiger partial charge in [-0.3, -0.25) is 0 Å². The van der Waals surface area contributed by atoms with Crippen LogP contribution in [-0.2, 0) is 4.74 Å². The second-order valence-corrected chi connectivity index (χ2v) is 9.69. The summed E-state index contributed by atoms with van der Waals surface area (Å²) in [6.45, 7) is 3.52. The minimum atomic E-state index is 0.532. The fourth-order valence-electron chi connectivity index (χ4n) is 7.70. The topological polar surface area (TPSA) is 9.23 Å². The summed E-state index contributed by atoms with van der Waals surface area (Å²) in [7, 11) is 0. The van der Waals surface area contributed by atoms with E-state index in [4.69, 9.17) is 4.74 Å². The molecule has 6 fully saturated rings. The molecule has 0 aromatic heterocycles. The molecule has 0 aromatic rings. The summed E-state index contributed by atoms with van der Waals surface area (Å²) >= 11 is 0. The summed E-state index contributed by atoms with van der Waals surface area (Å²) in [5.74, 6) is 6.19. The van der Waals surface area contributed by atoms with E-state index in [1.165, 1.54) is 44.9 Å². The molecule has 0 N–H and O–H groups in total. The van der Waals surface area contributed by atoms with Crippen LogP contribution in [0.2, 0.25) is 0 Å². The Morgan fingerprint density at radius 2 is 1.52 bits per heavy atom. The van der Waals surface area contributed by atoms with E-state index >= 15 is 0 Å². The summed E-state index contributed by atoms with van der Waals surface area (Å²) in [6, 6.07) is 0. The normalized spacial score (nSPS) is 55.3. The second kappa shape index (κ2) is 4.73. The Hall–Kier alpha value is -0.0400. The molecule has 6 bridgehead atoms. The van der Waals surface area contributed by atoms with E-state index in [0.29, 0.717) is 11.5 Å². The van der Waals surface area contributed by atoms with Gasteiger partial charge < -0.3 is 4.74 Å². The maximum Gasteiger partial charge on any atom is 0.0603 e. The van der Waals surface area contributed by atoms with Gasteiger partial charge in [0, 0.05) is 0 Å². The summed E-state index contributed by atoms with van der Waals surface area (Å²) in [4.78, 5) is 0. The van der Waals surface area contributed by atoms with Crippen molar-refractivity contribution in [1.29, 1.82) is 0 Å². The Bertz CT molecular complexity index is 379. The third-order valence-electron chi connectivity index (χ3n) is 8.39. The molecule has 118 valence electrons. The number of ether oxygens (including phenoxy) is 1. The molecule has 0 saturated heterocycles. The molecule has 6 rings (SSSR count). The second-order valence-electron chi connectivity index (χ2n) is 9.69. The van der Waals surface area contributed by atoms with Gasteiger partial charge in [0.25, 0.3) is 0 Å². The highest BCUT2D eigenvalue weighted by Gasteiger charge is 2.53.